The van der Waals surface area contributed by atoms with Crippen molar-refractivity contribution in [1.29, 1.82) is 0 Å². The van der Waals surface area contributed by atoms with Crippen LogP contribution in [0.5, 0.6) is 0 Å². The smallest absolute Gasteiger partial charge is 0.164 e. The van der Waals surface area contributed by atoms with Gasteiger partial charge in [-0.2, -0.15) is 0 Å². The van der Waals surface area contributed by atoms with Gasteiger partial charge in [0, 0.05) is 34.5 Å². The van der Waals surface area contributed by atoms with Crippen molar-refractivity contribution >= 4 is 33.7 Å². The van der Waals surface area contributed by atoms with Crippen molar-refractivity contribution in [3.8, 4) is 67.5 Å². The molecule has 0 unspecified atom stereocenters. The Hall–Kier alpha value is -7.30. The predicted octanol–water partition coefficient (Wildman–Crippen LogP) is 14.1. The molecule has 7 aromatic carbocycles. The normalized spacial score (nSPS) is 12.2. The van der Waals surface area contributed by atoms with Crippen molar-refractivity contribution in [2.75, 3.05) is 0 Å². The van der Waals surface area contributed by atoms with Crippen LogP contribution in [0.1, 0.15) is 42.0 Å². The van der Waals surface area contributed by atoms with Gasteiger partial charge in [-0.15, -0.1) is 0 Å². The predicted molar refractivity (Wildman–Crippen MR) is 247 cm³/mol. The molecule has 0 radical (unpaired) electrons. The van der Waals surface area contributed by atoms with Gasteiger partial charge in [0.2, 0.25) is 0 Å². The van der Waals surface area contributed by atoms with Crippen molar-refractivity contribution < 1.29 is 0 Å². The van der Waals surface area contributed by atoms with Crippen molar-refractivity contribution in [3.63, 3.8) is 0 Å². The first-order valence-electron chi connectivity index (χ1n) is 20.5. The minimum absolute atomic E-state index is 0.626. The summed E-state index contributed by atoms with van der Waals surface area (Å²) in [5, 5.41) is 4.84. The lowest BCUT2D eigenvalue weighted by molar-refractivity contribution is 0.879. The number of rotatable bonds is 9. The number of hydrogen-bond donors (Lipinski definition) is 0. The van der Waals surface area contributed by atoms with Crippen molar-refractivity contribution in [3.05, 3.63) is 193 Å². The molecule has 4 heteroatoms. The molecular formula is C55H42N4. The van der Waals surface area contributed by atoms with E-state index < -0.39 is 0 Å². The monoisotopic (exact) mass is 758 g/mol. The molecule has 0 spiro atoms. The molecular weight excluding hydrogens is 717 g/mol. The van der Waals surface area contributed by atoms with Gasteiger partial charge in [0.05, 0.1) is 0 Å². The van der Waals surface area contributed by atoms with E-state index in [1.807, 2.05) is 48.8 Å². The number of nitrogens with zero attached hydrogens (tertiary/aromatic N) is 4. The zero-order chi connectivity index (χ0) is 39.7. The van der Waals surface area contributed by atoms with Crippen molar-refractivity contribution in [2.24, 2.45) is 0 Å². The molecule has 1 aliphatic carbocycles. The Labute approximate surface area is 345 Å². The standard InChI is InChI=1S/C55H42N4/c1-3-14-48-45(4-2)51-28-27-40(34-52(51)50-21-12-11-20-49(48)50)43-31-42(36-23-25-37(26-24-36)46-22-13-19-41-35-56-30-29-47(41)46)32-44(33-43)55-58-53(38-15-7-5-8-16-38)57-54(59-55)39-17-9-6-10-18-39/h4-10,12-13,15-19,21-35H,2-3,11,14,20H2,1H3. The Morgan fingerprint density at radius 3 is 1.90 bits per heavy atom. The molecule has 59 heavy (non-hydrogen) atoms. The van der Waals surface area contributed by atoms with Crippen LogP contribution in [0, 0.1) is 0 Å². The molecule has 2 aromatic heterocycles. The van der Waals surface area contributed by atoms with E-state index in [0.29, 0.717) is 17.5 Å². The molecule has 10 rings (SSSR count). The van der Waals surface area contributed by atoms with Gasteiger partial charge in [0.25, 0.3) is 0 Å². The highest BCUT2D eigenvalue weighted by molar-refractivity contribution is 6.02. The summed E-state index contributed by atoms with van der Waals surface area (Å²) in [4.78, 5) is 19.7. The van der Waals surface area contributed by atoms with Gasteiger partial charge >= 0.3 is 0 Å². The maximum atomic E-state index is 5.16. The minimum Gasteiger partial charge on any atom is -0.264 e. The van der Waals surface area contributed by atoms with Gasteiger partial charge in [-0.05, 0) is 121 Å². The first-order valence-corrected chi connectivity index (χ1v) is 20.5. The average molecular weight is 759 g/mol. The second-order valence-electron chi connectivity index (χ2n) is 15.3. The second kappa shape index (κ2) is 15.6. The Bertz CT molecular complexity index is 2990. The molecule has 0 N–H and O–H groups in total. The topological polar surface area (TPSA) is 51.6 Å². The highest BCUT2D eigenvalue weighted by Gasteiger charge is 2.20. The Morgan fingerprint density at radius 2 is 1.20 bits per heavy atom. The zero-order valence-corrected chi connectivity index (χ0v) is 33.1. The first-order chi connectivity index (χ1) is 29.1. The molecule has 4 nitrogen and oxygen atoms in total. The van der Waals surface area contributed by atoms with Crippen molar-refractivity contribution in [1.82, 2.24) is 19.9 Å². The van der Waals surface area contributed by atoms with Crippen LogP contribution in [0.25, 0.3) is 101 Å². The molecule has 0 bridgehead atoms. The van der Waals surface area contributed by atoms with E-state index in [1.54, 1.807) is 0 Å². The molecule has 0 saturated carbocycles. The fourth-order valence-corrected chi connectivity index (χ4v) is 8.75. The Balaban J connectivity index is 1.17. The van der Waals surface area contributed by atoms with Crippen LogP contribution in [0.15, 0.2) is 171 Å². The molecule has 0 saturated heterocycles. The third-order valence-electron chi connectivity index (χ3n) is 11.6. The third-order valence-corrected chi connectivity index (χ3v) is 11.6. The van der Waals surface area contributed by atoms with Gasteiger partial charge in [0.1, 0.15) is 0 Å². The SMILES string of the molecule is C=Cc1c(CCC)c2c(c3cc(-c4cc(-c5ccc(-c6cccc7cnccc67)cc5)cc(-c5nc(-c6ccccc6)nc(-c6ccccc6)n5)c4)ccc13)C=CCC2. The molecule has 0 fully saturated rings. The maximum absolute atomic E-state index is 5.16. The summed E-state index contributed by atoms with van der Waals surface area (Å²) in [6.45, 7) is 6.57. The molecule has 0 amide bonds. The molecule has 282 valence electrons. The molecule has 2 heterocycles. The number of allylic oxidation sites excluding steroid dienone is 1. The quantitative estimate of drug-likeness (QED) is 0.147. The van der Waals surface area contributed by atoms with Gasteiger partial charge in [0.15, 0.2) is 17.5 Å². The average Bonchev–Trinajstić information content (AvgIpc) is 3.31. The number of pyridine rings is 1. The fourth-order valence-electron chi connectivity index (χ4n) is 8.75. The fraction of sp³-hybridized carbons (Fsp3) is 0.0909. The van der Waals surface area contributed by atoms with Crippen LogP contribution >= 0.6 is 0 Å². The van der Waals surface area contributed by atoms with E-state index in [9.17, 15) is 0 Å². The van der Waals surface area contributed by atoms with Crippen LogP contribution in [0.4, 0.5) is 0 Å². The van der Waals surface area contributed by atoms with E-state index in [0.717, 1.165) is 75.6 Å². The first kappa shape index (κ1) is 36.1. The highest BCUT2D eigenvalue weighted by atomic mass is 15.0. The van der Waals surface area contributed by atoms with Gasteiger partial charge in [-0.25, -0.2) is 15.0 Å². The maximum Gasteiger partial charge on any atom is 0.164 e. The van der Waals surface area contributed by atoms with E-state index in [-0.39, 0.29) is 0 Å². The summed E-state index contributed by atoms with van der Waals surface area (Å²) in [6, 6.07) is 51.4. The molecule has 9 aromatic rings. The largest absolute Gasteiger partial charge is 0.264 e. The van der Waals surface area contributed by atoms with Gasteiger partial charge in [-0.3, -0.25) is 4.98 Å². The lowest BCUT2D eigenvalue weighted by Crippen LogP contribution is -2.05. The van der Waals surface area contributed by atoms with Crippen molar-refractivity contribution in [2.45, 2.75) is 32.6 Å². The summed E-state index contributed by atoms with van der Waals surface area (Å²) >= 11 is 0. The van der Waals surface area contributed by atoms with E-state index in [1.165, 1.54) is 44.0 Å². The Kier molecular flexibility index (Phi) is 9.52. The van der Waals surface area contributed by atoms with Crippen LogP contribution in [0.2, 0.25) is 0 Å². The Morgan fingerprint density at radius 1 is 0.559 bits per heavy atom. The van der Waals surface area contributed by atoms with E-state index >= 15 is 0 Å². The lowest BCUT2D eigenvalue weighted by atomic mass is 9.82. The minimum atomic E-state index is 0.626. The summed E-state index contributed by atoms with van der Waals surface area (Å²) in [5.41, 5.74) is 15.1. The molecule has 0 aliphatic heterocycles. The lowest BCUT2D eigenvalue weighted by Gasteiger charge is -2.22. The third kappa shape index (κ3) is 6.83. The van der Waals surface area contributed by atoms with Crippen LogP contribution in [-0.4, -0.2) is 19.9 Å². The summed E-state index contributed by atoms with van der Waals surface area (Å²) < 4.78 is 0. The van der Waals surface area contributed by atoms with Crippen LogP contribution in [-0.2, 0) is 12.8 Å². The van der Waals surface area contributed by atoms with Crippen LogP contribution in [0.3, 0.4) is 0 Å². The van der Waals surface area contributed by atoms with Gasteiger partial charge in [-0.1, -0.05) is 153 Å². The molecule has 0 atom stereocenters. The van der Waals surface area contributed by atoms with E-state index in [4.69, 9.17) is 15.0 Å². The van der Waals surface area contributed by atoms with Gasteiger partial charge < -0.3 is 0 Å². The number of benzene rings is 7. The summed E-state index contributed by atoms with van der Waals surface area (Å²) in [6.07, 6.45) is 14.8. The van der Waals surface area contributed by atoms with Crippen LogP contribution < -0.4 is 0 Å². The number of fused-ring (bicyclic) bond motifs is 4. The highest BCUT2D eigenvalue weighted by Crippen LogP contribution is 2.40. The number of aromatic nitrogens is 4. The van der Waals surface area contributed by atoms with E-state index in [2.05, 4.69) is 146 Å². The zero-order valence-electron chi connectivity index (χ0n) is 33.1. The second-order valence-corrected chi connectivity index (χ2v) is 15.3. The summed E-state index contributed by atoms with van der Waals surface area (Å²) in [5.74, 6) is 1.90. The summed E-state index contributed by atoms with van der Waals surface area (Å²) in [7, 11) is 0. The molecule has 1 aliphatic rings. The number of hydrogen-bond acceptors (Lipinski definition) is 4.